The van der Waals surface area contributed by atoms with Crippen molar-refractivity contribution in [3.63, 3.8) is 0 Å². The third-order valence-corrected chi connectivity index (χ3v) is 8.19. The molecule has 1 unspecified atom stereocenters. The highest BCUT2D eigenvalue weighted by atomic mass is 35.5. The Bertz CT molecular complexity index is 1040. The first-order chi connectivity index (χ1) is 13.1. The lowest BCUT2D eigenvalue weighted by Gasteiger charge is -2.31. The molecule has 0 saturated carbocycles. The molecule has 6 nitrogen and oxygen atoms in total. The molecule has 1 aliphatic rings. The maximum atomic E-state index is 12.6. The van der Waals surface area contributed by atoms with E-state index in [9.17, 15) is 13.5 Å². The summed E-state index contributed by atoms with van der Waals surface area (Å²) < 4.78 is 26.2. The Hall–Kier alpha value is -1.58. The molecule has 1 atom stereocenters. The zero-order chi connectivity index (χ0) is 20.7. The highest BCUT2D eigenvalue weighted by Crippen LogP contribution is 2.40. The predicted molar refractivity (Wildman–Crippen MR) is 115 cm³/mol. The normalized spacial score (nSPS) is 21.7. The summed E-state index contributed by atoms with van der Waals surface area (Å²) in [6.07, 6.45) is 0. The van der Waals surface area contributed by atoms with Gasteiger partial charge in [0.2, 0.25) is 10.0 Å². The van der Waals surface area contributed by atoms with Gasteiger partial charge in [-0.25, -0.2) is 17.7 Å². The van der Waals surface area contributed by atoms with Crippen molar-refractivity contribution >= 4 is 44.2 Å². The van der Waals surface area contributed by atoms with E-state index in [0.29, 0.717) is 16.5 Å². The van der Waals surface area contributed by atoms with Gasteiger partial charge in [0.1, 0.15) is 4.90 Å². The lowest BCUT2D eigenvalue weighted by molar-refractivity contribution is -0.0349. The molecule has 1 N–H and O–H groups in total. The molecule has 0 radical (unpaired) electrons. The minimum atomic E-state index is -3.74. The quantitative estimate of drug-likeness (QED) is 0.790. The molecule has 0 bridgehead atoms. The molecule has 0 aliphatic carbocycles. The van der Waals surface area contributed by atoms with E-state index in [1.165, 1.54) is 38.0 Å². The van der Waals surface area contributed by atoms with Crippen LogP contribution in [0, 0.1) is 6.92 Å². The predicted octanol–water partition coefficient (Wildman–Crippen LogP) is 3.41. The first kappa shape index (κ1) is 21.1. The first-order valence-electron chi connectivity index (χ1n) is 8.53. The number of benzene rings is 2. The fourth-order valence-electron chi connectivity index (χ4n) is 2.84. The number of rotatable bonds is 4. The van der Waals surface area contributed by atoms with Crippen LogP contribution in [0.2, 0.25) is 5.02 Å². The zero-order valence-corrected chi connectivity index (χ0v) is 18.4. The van der Waals surface area contributed by atoms with Gasteiger partial charge in [0.05, 0.1) is 16.5 Å². The topological polar surface area (TPSA) is 73.2 Å². The van der Waals surface area contributed by atoms with Crippen LogP contribution >= 0.6 is 23.4 Å². The summed E-state index contributed by atoms with van der Waals surface area (Å²) >= 11 is 7.55. The maximum absolute atomic E-state index is 12.6. The van der Waals surface area contributed by atoms with Crippen molar-refractivity contribution in [3.8, 4) is 0 Å². The standard InChI is InChI=1S/C19H22ClN3O3S2/c1-13-7-5-6-8-16(13)21-18-23(4)19(24,12-27-18)14-9-10-15(20)17(11-14)28(25,26)22(2)3/h5-11,24H,12H2,1-4H3. The van der Waals surface area contributed by atoms with Gasteiger partial charge in [-0.3, -0.25) is 0 Å². The van der Waals surface area contributed by atoms with Crippen molar-refractivity contribution < 1.29 is 13.5 Å². The van der Waals surface area contributed by atoms with Crippen molar-refractivity contribution in [2.24, 2.45) is 4.99 Å². The number of sulfonamides is 1. The minimum Gasteiger partial charge on any atom is -0.366 e. The van der Waals surface area contributed by atoms with Crippen LogP contribution in [0.3, 0.4) is 0 Å². The van der Waals surface area contributed by atoms with Crippen LogP contribution in [0.25, 0.3) is 0 Å². The fraction of sp³-hybridized carbons (Fsp3) is 0.316. The summed E-state index contributed by atoms with van der Waals surface area (Å²) in [5.41, 5.74) is 0.911. The molecule has 3 rings (SSSR count). The van der Waals surface area contributed by atoms with Crippen LogP contribution in [-0.2, 0) is 15.7 Å². The second-order valence-corrected chi connectivity index (χ2v) is 10.2. The molecule has 0 amide bonds. The fourth-order valence-corrected chi connectivity index (χ4v) is 5.43. The largest absolute Gasteiger partial charge is 0.366 e. The zero-order valence-electron chi connectivity index (χ0n) is 16.0. The molecule has 28 heavy (non-hydrogen) atoms. The smallest absolute Gasteiger partial charge is 0.244 e. The monoisotopic (exact) mass is 439 g/mol. The Morgan fingerprint density at radius 3 is 2.57 bits per heavy atom. The molecule has 1 saturated heterocycles. The van der Waals surface area contributed by atoms with E-state index in [1.54, 1.807) is 18.0 Å². The summed E-state index contributed by atoms with van der Waals surface area (Å²) in [7, 11) is 0.889. The molecule has 1 fully saturated rings. The summed E-state index contributed by atoms with van der Waals surface area (Å²) in [6.45, 7) is 1.97. The van der Waals surface area contributed by atoms with Gasteiger partial charge in [-0.05, 0) is 30.7 Å². The van der Waals surface area contributed by atoms with Crippen molar-refractivity contribution in [2.45, 2.75) is 17.5 Å². The number of halogens is 1. The number of aliphatic imine (C=N–C) groups is 1. The molecule has 9 heteroatoms. The summed E-state index contributed by atoms with van der Waals surface area (Å²) in [6, 6.07) is 12.3. The molecule has 2 aromatic rings. The maximum Gasteiger partial charge on any atom is 0.244 e. The van der Waals surface area contributed by atoms with E-state index in [4.69, 9.17) is 11.6 Å². The van der Waals surface area contributed by atoms with E-state index in [0.717, 1.165) is 15.6 Å². The van der Waals surface area contributed by atoms with Crippen molar-refractivity contribution in [1.29, 1.82) is 0 Å². The van der Waals surface area contributed by atoms with Crippen LogP contribution in [0.5, 0.6) is 0 Å². The van der Waals surface area contributed by atoms with Gasteiger partial charge < -0.3 is 10.0 Å². The van der Waals surface area contributed by atoms with Gasteiger partial charge >= 0.3 is 0 Å². The van der Waals surface area contributed by atoms with Crippen LogP contribution in [-0.4, -0.2) is 54.8 Å². The van der Waals surface area contributed by atoms with Crippen LogP contribution in [0.1, 0.15) is 11.1 Å². The summed E-state index contributed by atoms with van der Waals surface area (Å²) in [4.78, 5) is 6.30. The second kappa shape index (κ2) is 7.68. The van der Waals surface area contributed by atoms with Gasteiger partial charge in [0, 0.05) is 26.7 Å². The SMILES string of the molecule is Cc1ccccc1N=C1SCC(O)(c2ccc(Cl)c(S(=O)(=O)N(C)C)c2)N1C. The molecule has 2 aromatic carbocycles. The van der Waals surface area contributed by atoms with E-state index in [2.05, 4.69) is 4.99 Å². The third kappa shape index (κ3) is 3.67. The number of aliphatic hydroxyl groups is 1. The van der Waals surface area contributed by atoms with Crippen molar-refractivity contribution in [2.75, 3.05) is 26.9 Å². The molecule has 150 valence electrons. The summed E-state index contributed by atoms with van der Waals surface area (Å²) in [5, 5.41) is 12.1. The first-order valence-corrected chi connectivity index (χ1v) is 11.3. The van der Waals surface area contributed by atoms with E-state index < -0.39 is 15.7 Å². The highest BCUT2D eigenvalue weighted by Gasteiger charge is 2.43. The molecule has 0 spiro atoms. The lowest BCUT2D eigenvalue weighted by atomic mass is 10.0. The van der Waals surface area contributed by atoms with Crippen molar-refractivity contribution in [1.82, 2.24) is 9.21 Å². The van der Waals surface area contributed by atoms with Gasteiger partial charge in [-0.2, -0.15) is 0 Å². The van der Waals surface area contributed by atoms with E-state index in [1.807, 2.05) is 31.2 Å². The second-order valence-electron chi connectivity index (χ2n) is 6.78. The van der Waals surface area contributed by atoms with Gasteiger partial charge in [-0.1, -0.05) is 47.6 Å². The number of aryl methyl sites for hydroxylation is 1. The Kier molecular flexibility index (Phi) is 5.80. The third-order valence-electron chi connectivity index (χ3n) is 4.73. The lowest BCUT2D eigenvalue weighted by Crippen LogP contribution is -2.42. The minimum absolute atomic E-state index is 0.0345. The van der Waals surface area contributed by atoms with Crippen LogP contribution in [0.4, 0.5) is 5.69 Å². The Morgan fingerprint density at radius 2 is 1.93 bits per heavy atom. The Balaban J connectivity index is 2.02. The van der Waals surface area contributed by atoms with Gasteiger partial charge in [0.15, 0.2) is 10.9 Å². The number of thioether (sulfide) groups is 1. The summed E-state index contributed by atoms with van der Waals surface area (Å²) in [5.74, 6) is 0.317. The number of para-hydroxylation sites is 1. The number of hydrogen-bond acceptors (Lipinski definition) is 5. The van der Waals surface area contributed by atoms with Crippen molar-refractivity contribution in [3.05, 3.63) is 58.6 Å². The molecular formula is C19H22ClN3O3S2. The van der Waals surface area contributed by atoms with Crippen LogP contribution < -0.4 is 0 Å². The average molecular weight is 440 g/mol. The Morgan fingerprint density at radius 1 is 1.25 bits per heavy atom. The number of hydrogen-bond donors (Lipinski definition) is 1. The molecular weight excluding hydrogens is 418 g/mol. The van der Waals surface area contributed by atoms with Gasteiger partial charge in [-0.15, -0.1) is 0 Å². The number of nitrogens with zero attached hydrogens (tertiary/aromatic N) is 3. The highest BCUT2D eigenvalue weighted by molar-refractivity contribution is 8.14. The average Bonchev–Trinajstić information content (AvgIpc) is 2.93. The molecule has 1 aliphatic heterocycles. The van der Waals surface area contributed by atoms with E-state index >= 15 is 0 Å². The van der Waals surface area contributed by atoms with Gasteiger partial charge in [0.25, 0.3) is 0 Å². The molecule has 0 aromatic heterocycles. The Labute approximate surface area is 174 Å². The molecule has 1 heterocycles. The van der Waals surface area contributed by atoms with E-state index in [-0.39, 0.29) is 9.92 Å². The van der Waals surface area contributed by atoms with Crippen LogP contribution in [0.15, 0.2) is 52.4 Å². The number of amidine groups is 1.